The molecule has 0 heterocycles. The van der Waals surface area contributed by atoms with Crippen LogP contribution in [0.4, 0.5) is 5.69 Å². The Bertz CT molecular complexity index is 530. The lowest BCUT2D eigenvalue weighted by Gasteiger charge is -2.11. The van der Waals surface area contributed by atoms with Crippen LogP contribution in [0.3, 0.4) is 0 Å². The highest BCUT2D eigenvalue weighted by Crippen LogP contribution is 2.28. The molecule has 1 N–H and O–H groups in total. The Morgan fingerprint density at radius 2 is 2.14 bits per heavy atom. The van der Waals surface area contributed by atoms with Crippen LogP contribution in [0.15, 0.2) is 22.7 Å². The van der Waals surface area contributed by atoms with E-state index in [4.69, 9.17) is 4.74 Å². The fraction of sp³-hybridized carbons (Fsp3) is 0.500. The summed E-state index contributed by atoms with van der Waals surface area (Å²) in [6.07, 6.45) is 4.90. The second-order valence-electron chi connectivity index (χ2n) is 4.93. The van der Waals surface area contributed by atoms with Gasteiger partial charge in [-0.2, -0.15) is 0 Å². The topological polar surface area (TPSA) is 81.5 Å². The van der Waals surface area contributed by atoms with Crippen molar-refractivity contribution in [2.24, 2.45) is 0 Å². The maximum absolute atomic E-state index is 12.0. The van der Waals surface area contributed by atoms with E-state index in [0.29, 0.717) is 19.3 Å². The lowest BCUT2D eigenvalue weighted by molar-refractivity contribution is -0.385. The summed E-state index contributed by atoms with van der Waals surface area (Å²) >= 11 is 3.11. The normalized spacial score (nSPS) is 15.1. The molecular formula is C14H17BrN2O4. The van der Waals surface area contributed by atoms with Gasteiger partial charge in [-0.05, 0) is 34.8 Å². The van der Waals surface area contributed by atoms with Crippen molar-refractivity contribution in [2.75, 3.05) is 13.2 Å². The third-order valence-corrected chi connectivity index (χ3v) is 4.30. The van der Waals surface area contributed by atoms with Crippen molar-refractivity contribution in [3.8, 4) is 0 Å². The average Bonchev–Trinajstić information content (AvgIpc) is 2.96. The zero-order chi connectivity index (χ0) is 15.2. The first-order valence-corrected chi connectivity index (χ1v) is 7.71. The summed E-state index contributed by atoms with van der Waals surface area (Å²) in [6, 6.07) is 4.39. The van der Waals surface area contributed by atoms with E-state index < -0.39 is 4.92 Å². The molecule has 0 aliphatic heterocycles. The van der Waals surface area contributed by atoms with Crippen LogP contribution in [0, 0.1) is 10.1 Å². The number of hydrogen-bond acceptors (Lipinski definition) is 4. The number of nitro benzene ring substituents is 1. The molecule has 0 atom stereocenters. The van der Waals surface area contributed by atoms with Crippen LogP contribution in [-0.4, -0.2) is 30.1 Å². The number of nitrogens with one attached hydrogen (secondary N) is 1. The smallest absolute Gasteiger partial charge is 0.284 e. The van der Waals surface area contributed by atoms with Gasteiger partial charge in [0.25, 0.3) is 11.6 Å². The summed E-state index contributed by atoms with van der Waals surface area (Å²) in [7, 11) is 0. The SMILES string of the molecule is O=C(NCCOC1CCCC1)c1cccc([N+](=O)[O-])c1Br. The Labute approximate surface area is 131 Å². The molecule has 114 valence electrons. The minimum atomic E-state index is -0.524. The molecule has 1 aliphatic carbocycles. The van der Waals surface area contributed by atoms with Crippen LogP contribution in [0.2, 0.25) is 0 Å². The van der Waals surface area contributed by atoms with Gasteiger partial charge in [-0.3, -0.25) is 14.9 Å². The summed E-state index contributed by atoms with van der Waals surface area (Å²) in [5.41, 5.74) is 0.134. The number of ether oxygens (including phenoxy) is 1. The predicted molar refractivity (Wildman–Crippen MR) is 81.3 cm³/mol. The number of benzene rings is 1. The molecular weight excluding hydrogens is 340 g/mol. The number of carbonyl (C=O) groups excluding carboxylic acids is 1. The van der Waals surface area contributed by atoms with Gasteiger partial charge >= 0.3 is 0 Å². The molecule has 0 aromatic heterocycles. The highest BCUT2D eigenvalue weighted by Gasteiger charge is 2.19. The van der Waals surface area contributed by atoms with E-state index in [9.17, 15) is 14.9 Å². The van der Waals surface area contributed by atoms with Crippen LogP contribution in [0.1, 0.15) is 36.0 Å². The summed E-state index contributed by atoms with van der Waals surface area (Å²) in [5.74, 6) is -0.347. The van der Waals surface area contributed by atoms with E-state index in [1.165, 1.54) is 25.0 Å². The largest absolute Gasteiger partial charge is 0.376 e. The quantitative estimate of drug-likeness (QED) is 0.482. The molecule has 1 aromatic rings. The first-order chi connectivity index (χ1) is 10.1. The first kappa shape index (κ1) is 15.9. The van der Waals surface area contributed by atoms with Crippen LogP contribution in [0.5, 0.6) is 0 Å². The average molecular weight is 357 g/mol. The van der Waals surface area contributed by atoms with Crippen LogP contribution in [-0.2, 0) is 4.74 Å². The molecule has 1 saturated carbocycles. The van der Waals surface area contributed by atoms with E-state index in [1.807, 2.05) is 0 Å². The molecule has 0 bridgehead atoms. The summed E-state index contributed by atoms with van der Waals surface area (Å²) in [4.78, 5) is 22.3. The molecule has 0 saturated heterocycles. The molecule has 1 amide bonds. The standard InChI is InChI=1S/C14H17BrN2O4/c15-13-11(6-3-7-12(13)17(19)20)14(18)16-8-9-21-10-4-1-2-5-10/h3,6-7,10H,1-2,4-5,8-9H2,(H,16,18). The Hall–Kier alpha value is -1.47. The van der Waals surface area contributed by atoms with E-state index >= 15 is 0 Å². The van der Waals surface area contributed by atoms with Crippen molar-refractivity contribution >= 4 is 27.5 Å². The first-order valence-electron chi connectivity index (χ1n) is 6.92. The monoisotopic (exact) mass is 356 g/mol. The zero-order valence-electron chi connectivity index (χ0n) is 11.5. The molecule has 0 unspecified atom stereocenters. The lowest BCUT2D eigenvalue weighted by atomic mass is 10.2. The molecule has 0 spiro atoms. The van der Waals surface area contributed by atoms with Gasteiger partial charge in [0.15, 0.2) is 0 Å². The molecule has 7 heteroatoms. The Kier molecular flexibility index (Phi) is 5.69. The van der Waals surface area contributed by atoms with Crippen LogP contribution < -0.4 is 5.32 Å². The molecule has 1 aliphatic rings. The summed E-state index contributed by atoms with van der Waals surface area (Å²) in [6.45, 7) is 0.855. The van der Waals surface area contributed by atoms with Crippen molar-refractivity contribution in [1.82, 2.24) is 5.32 Å². The van der Waals surface area contributed by atoms with Gasteiger partial charge in [-0.15, -0.1) is 0 Å². The molecule has 6 nitrogen and oxygen atoms in total. The highest BCUT2D eigenvalue weighted by molar-refractivity contribution is 9.10. The van der Waals surface area contributed by atoms with Crippen molar-refractivity contribution in [1.29, 1.82) is 0 Å². The Morgan fingerprint density at radius 3 is 2.81 bits per heavy atom. The van der Waals surface area contributed by atoms with Gasteiger partial charge in [0.1, 0.15) is 4.47 Å². The zero-order valence-corrected chi connectivity index (χ0v) is 13.1. The third-order valence-electron chi connectivity index (χ3n) is 3.46. The number of halogens is 1. The Balaban J connectivity index is 1.85. The summed E-state index contributed by atoms with van der Waals surface area (Å²) in [5, 5.41) is 13.5. The molecule has 2 rings (SSSR count). The Morgan fingerprint density at radius 1 is 1.43 bits per heavy atom. The predicted octanol–water partition coefficient (Wildman–Crippen LogP) is 3.05. The lowest BCUT2D eigenvalue weighted by Crippen LogP contribution is -2.28. The van der Waals surface area contributed by atoms with E-state index in [2.05, 4.69) is 21.2 Å². The van der Waals surface area contributed by atoms with Gasteiger partial charge in [0, 0.05) is 12.6 Å². The van der Waals surface area contributed by atoms with E-state index in [1.54, 1.807) is 6.07 Å². The second-order valence-corrected chi connectivity index (χ2v) is 5.72. The van der Waals surface area contributed by atoms with E-state index in [0.717, 1.165) is 12.8 Å². The second kappa shape index (κ2) is 7.51. The number of hydrogen-bond donors (Lipinski definition) is 1. The van der Waals surface area contributed by atoms with Crippen LogP contribution >= 0.6 is 15.9 Å². The summed E-state index contributed by atoms with van der Waals surface area (Å²) < 4.78 is 5.85. The van der Waals surface area contributed by atoms with Gasteiger partial charge in [0.2, 0.25) is 0 Å². The van der Waals surface area contributed by atoms with Crippen molar-refractivity contribution in [3.63, 3.8) is 0 Å². The van der Waals surface area contributed by atoms with Gasteiger partial charge in [-0.1, -0.05) is 18.9 Å². The van der Waals surface area contributed by atoms with Crippen molar-refractivity contribution < 1.29 is 14.5 Å². The fourth-order valence-corrected chi connectivity index (χ4v) is 2.97. The number of nitrogens with zero attached hydrogens (tertiary/aromatic N) is 1. The molecule has 0 radical (unpaired) electrons. The van der Waals surface area contributed by atoms with Gasteiger partial charge < -0.3 is 10.1 Å². The fourth-order valence-electron chi connectivity index (χ4n) is 2.38. The van der Waals surface area contributed by atoms with Crippen LogP contribution in [0.25, 0.3) is 0 Å². The van der Waals surface area contributed by atoms with Crippen molar-refractivity contribution in [3.05, 3.63) is 38.3 Å². The number of amides is 1. The number of nitro groups is 1. The van der Waals surface area contributed by atoms with E-state index in [-0.39, 0.29) is 21.6 Å². The maximum Gasteiger partial charge on any atom is 0.284 e. The molecule has 21 heavy (non-hydrogen) atoms. The highest BCUT2D eigenvalue weighted by atomic mass is 79.9. The number of rotatable bonds is 6. The maximum atomic E-state index is 12.0. The van der Waals surface area contributed by atoms with Crippen molar-refractivity contribution in [2.45, 2.75) is 31.8 Å². The minimum Gasteiger partial charge on any atom is -0.376 e. The third kappa shape index (κ3) is 4.25. The molecule has 1 fully saturated rings. The van der Waals surface area contributed by atoms with Gasteiger partial charge in [-0.25, -0.2) is 0 Å². The van der Waals surface area contributed by atoms with Gasteiger partial charge in [0.05, 0.1) is 23.2 Å². The molecule has 1 aromatic carbocycles. The minimum absolute atomic E-state index is 0.121. The number of carbonyl (C=O) groups is 1.